The number of aromatic amines is 1. The van der Waals surface area contributed by atoms with Crippen LogP contribution in [0, 0.1) is 46.9 Å². The summed E-state index contributed by atoms with van der Waals surface area (Å²) >= 11 is 16.3. The molecule has 4 N–H and O–H groups in total. The average Bonchev–Trinajstić information content (AvgIpc) is 1.66. The molecule has 4 aromatic heterocycles. The van der Waals surface area contributed by atoms with Gasteiger partial charge in [-0.05, 0) is 299 Å². The molecule has 16 aromatic rings. The molecule has 0 aliphatic carbocycles. The normalized spacial score (nSPS) is 10.4. The number of aromatic nitrogens is 4. The summed E-state index contributed by atoms with van der Waals surface area (Å²) in [4.78, 5) is 46.7. The number of nitrogen functional groups attached to an aromatic ring is 1. The summed E-state index contributed by atoms with van der Waals surface area (Å²) in [6.07, 6.45) is 9.91. The summed E-state index contributed by atoms with van der Waals surface area (Å²) in [6.45, 7) is 1.78. The SMILES string of the molecule is BrB(Br)Br.C.COc1cccc2[nH]ccc12.COc1cccc2c1CCN2c1ccc(I)cc1.COc1cccc2c1ccn2-c1ccc(I)cc1.COc1cccc2c1ccn2-c1ccc(N)cc1.COc1cccc2c1ccn2-c1ccc([N+](=O)[O-])cc1.O=CO[O-].O=N[O-].O=[N+]([O-])c1ccc(F)cc1.Oc1cccc2c1CCN2c1ccc(I)cc1.[Cs+].[Cs+].[H-].[I-].[K+].[Na+]. The first-order chi connectivity index (χ1) is 59.5. The first-order valence-electron chi connectivity index (χ1n) is 36.9. The monoisotopic (exact) mass is 2660 g/mol. The molecule has 0 spiro atoms. The van der Waals surface area contributed by atoms with Gasteiger partial charge in [-0.15, -0.1) is 52.6 Å². The largest absolute Gasteiger partial charge is 1.00 e. The van der Waals surface area contributed by atoms with Crippen LogP contribution in [0.3, 0.4) is 0 Å². The van der Waals surface area contributed by atoms with Crippen LogP contribution in [0.15, 0.2) is 309 Å². The van der Waals surface area contributed by atoms with Gasteiger partial charge in [0.05, 0.1) is 61.9 Å². The Kier molecular flexibility index (Phi) is 57.6. The van der Waals surface area contributed by atoms with Gasteiger partial charge in [-0.25, -0.2) is 4.39 Å². The number of hydrogen-bond donors (Lipinski definition) is 3. The smallest absolute Gasteiger partial charge is 1.00 e. The standard InChI is InChI=1S/C15H14INO.C15H12INO.C15H12N2O3.C15H14N2O.C14H12INO.C9H9NO.C6H4FNO2.CH2O3.CH4.BBr3.2Cs.HI.K.HNO2.Na.H/c2*1-18-15-4-2-3-14-13(15)9-10-17(14)12-7-5-11(16)6-8-12;1-20-15-4-2-3-14-13(15)9-10-16(14)11-5-7-12(8-6-11)17(18)19;1-18-15-4-2-3-14-13(15)9-10-17(14)12-7-5-11(16)6-8-12;15-10-4-6-11(7-5-10)16-9-8-12-13(16)2-1-3-14(12)17;1-11-9-4-2-3-8-7(9)5-6-10-8;7-5-1-3-6(4-2-5)8(9)10;2-1-4-3;;2-1(3)4;;;;;2-1-3;;/h2-8H,9-10H2,1H3;2-10H,1H3;2-10H,1H3;2-10H,16H2,1H3;1-7,17H,8-9H2;2-6,10H,1H3;1-4H;1,3H;1H4;;;;1H;;(H,2,3);;/q;;;;;;;;;;2*+1;;+1;;+1;-1/p-3. The Morgan fingerprint density at radius 1 is 0.488 bits per heavy atom. The van der Waals surface area contributed by atoms with E-state index < -0.39 is 15.7 Å². The topological polar surface area (TPSA) is 318 Å². The van der Waals surface area contributed by atoms with E-state index in [4.69, 9.17) is 49.6 Å². The number of nitrogens with two attached hydrogens (primary N) is 1. The van der Waals surface area contributed by atoms with E-state index in [1.54, 1.807) is 53.7 Å². The van der Waals surface area contributed by atoms with Crippen LogP contribution in [0.25, 0.3) is 60.7 Å². The fraction of sp³-hybridized carbons (Fsp3) is 0.110. The van der Waals surface area contributed by atoms with Crippen molar-refractivity contribution in [3.8, 4) is 51.6 Å². The van der Waals surface area contributed by atoms with Crippen molar-refractivity contribution in [2.24, 2.45) is 5.34 Å². The molecule has 650 valence electrons. The van der Waals surface area contributed by atoms with Crippen molar-refractivity contribution < 1.29 is 302 Å². The number of hydrogen-bond acceptors (Lipinski definition) is 19. The molecule has 12 aromatic carbocycles. The van der Waals surface area contributed by atoms with Crippen molar-refractivity contribution in [1.82, 2.24) is 18.7 Å². The number of halogens is 8. The molecular formula is C91H83BBr3Cs2FI4KN10NaO15. The van der Waals surface area contributed by atoms with Crippen LogP contribution >= 0.6 is 115 Å². The molecule has 6 heterocycles. The molecular weight excluding hydrogens is 2580 g/mol. The molecule has 0 saturated carbocycles. The Morgan fingerprint density at radius 3 is 1.16 bits per heavy atom. The number of phenols is 1. The Hall–Kier alpha value is -4.27. The van der Waals surface area contributed by atoms with Gasteiger partial charge in [-0.2, -0.15) is 0 Å². The number of carbonyl (C=O) groups excluding carboxylic acids is 1. The minimum absolute atomic E-state index is 0. The number of phenolic OH excluding ortho intramolecular Hbond substituents is 1. The minimum atomic E-state index is -0.570. The first-order valence-corrected chi connectivity index (χ1v) is 42.9. The van der Waals surface area contributed by atoms with E-state index >= 15 is 0 Å². The third kappa shape index (κ3) is 34.7. The summed E-state index contributed by atoms with van der Waals surface area (Å²) < 4.78 is 49.1. The van der Waals surface area contributed by atoms with Gasteiger partial charge in [-0.3, -0.25) is 25.0 Å². The zero-order chi connectivity index (χ0) is 88.5. The molecule has 0 amide bonds. The third-order valence-corrected chi connectivity index (χ3v) is 20.8. The quantitative estimate of drug-likeness (QED) is 0.0141. The number of nitrogens with one attached hydrogen (secondary N) is 1. The van der Waals surface area contributed by atoms with Crippen LogP contribution in [-0.2, 0) is 22.5 Å². The van der Waals surface area contributed by atoms with Gasteiger partial charge in [-0.1, -0.05) is 43.8 Å². The third-order valence-electron chi connectivity index (χ3n) is 18.7. The molecule has 2 aliphatic rings. The van der Waals surface area contributed by atoms with Crippen LogP contribution in [0.1, 0.15) is 20.0 Å². The maximum absolute atomic E-state index is 12.1. The van der Waals surface area contributed by atoms with Crippen LogP contribution in [0.4, 0.5) is 44.2 Å². The number of ether oxygens (including phenoxy) is 5. The number of fused-ring (bicyclic) bond motifs is 6. The van der Waals surface area contributed by atoms with Gasteiger partial charge in [0, 0.05) is 157 Å². The number of aromatic hydroxyl groups is 1. The number of nitro benzene ring substituents is 2. The molecule has 129 heavy (non-hydrogen) atoms. The Balaban J connectivity index is 0.000000503. The number of nitrogens with zero attached hydrogens (tertiary/aromatic N) is 8. The van der Waals surface area contributed by atoms with Gasteiger partial charge < -0.3 is 109 Å². The molecule has 38 heteroatoms. The number of rotatable bonds is 13. The fourth-order valence-corrected chi connectivity index (χ4v) is 14.3. The molecule has 0 bridgehead atoms. The second-order valence-corrected chi connectivity index (χ2v) is 35.9. The molecule has 0 unspecified atom stereocenters. The molecule has 0 atom stereocenters. The van der Waals surface area contributed by atoms with Crippen LogP contribution in [0.5, 0.6) is 34.5 Å². The number of methoxy groups -OCH3 is 5. The predicted octanol–water partition coefficient (Wildman–Crippen LogP) is 9.22. The summed E-state index contributed by atoms with van der Waals surface area (Å²) in [5.41, 5.74) is 21.2. The second-order valence-electron chi connectivity index (χ2n) is 25.7. The average molecular weight is 2660 g/mol. The van der Waals surface area contributed by atoms with Gasteiger partial charge in [0.1, 0.15) is 40.3 Å². The van der Waals surface area contributed by atoms with Crippen molar-refractivity contribution in [3.63, 3.8) is 0 Å². The minimum Gasteiger partial charge on any atom is -1.00 e. The van der Waals surface area contributed by atoms with E-state index in [0.717, 1.165) is 156 Å². The number of anilines is 5. The van der Waals surface area contributed by atoms with Crippen molar-refractivity contribution in [2.75, 3.05) is 64.2 Å². The summed E-state index contributed by atoms with van der Waals surface area (Å²) in [7, 11) is 8.45. The zero-order valence-electron chi connectivity index (χ0n) is 71.7. The number of H-pyrrole nitrogens is 1. The van der Waals surface area contributed by atoms with E-state index in [0.29, 0.717) is 5.75 Å². The van der Waals surface area contributed by atoms with E-state index in [2.05, 4.69) is 265 Å². The van der Waals surface area contributed by atoms with E-state index in [1.807, 2.05) is 132 Å². The van der Waals surface area contributed by atoms with Gasteiger partial charge in [0.15, 0.2) is 0 Å². The van der Waals surface area contributed by atoms with Gasteiger partial charge in [0.25, 0.3) is 17.8 Å². The molecule has 25 nitrogen and oxygen atoms in total. The molecule has 0 saturated heterocycles. The summed E-state index contributed by atoms with van der Waals surface area (Å²) in [5.74, 6) is 4.48. The maximum atomic E-state index is 12.1. The number of carbonyl (C=O) groups is 1. The van der Waals surface area contributed by atoms with Crippen molar-refractivity contribution in [1.29, 1.82) is 0 Å². The molecule has 0 radical (unpaired) electrons. The summed E-state index contributed by atoms with van der Waals surface area (Å²) in [6, 6.07) is 88.3. The molecule has 18 rings (SSSR count). The van der Waals surface area contributed by atoms with Crippen molar-refractivity contribution in [2.45, 2.75) is 20.3 Å². The first kappa shape index (κ1) is 119. The van der Waals surface area contributed by atoms with E-state index in [1.165, 1.54) is 51.2 Å². The maximum Gasteiger partial charge on any atom is 1.00 e. The zero-order valence-corrected chi connectivity index (χ0v) is 102. The van der Waals surface area contributed by atoms with Gasteiger partial charge >= 0.3 is 222 Å². The number of nitro groups is 2. The molecule has 0 fully saturated rings. The van der Waals surface area contributed by atoms with Gasteiger partial charge in [0.2, 0.25) is 0 Å². The fourth-order valence-electron chi connectivity index (χ4n) is 13.2. The Bertz CT molecular complexity index is 6020. The van der Waals surface area contributed by atoms with E-state index in [9.17, 15) is 29.7 Å². The van der Waals surface area contributed by atoms with Crippen LogP contribution in [-0.4, -0.2) is 91.9 Å². The van der Waals surface area contributed by atoms with Crippen molar-refractivity contribution >= 4 is 208 Å². The number of benzene rings is 12. The Morgan fingerprint density at radius 2 is 0.791 bits per heavy atom. The van der Waals surface area contributed by atoms with Crippen molar-refractivity contribution in [3.05, 3.63) is 362 Å². The number of non-ortho nitro benzene ring substituents is 2. The second kappa shape index (κ2) is 62.5. The van der Waals surface area contributed by atoms with E-state index in [-0.39, 0.29) is 273 Å². The predicted molar refractivity (Wildman–Crippen MR) is 529 cm³/mol. The Labute approximate surface area is 1010 Å². The van der Waals surface area contributed by atoms with Crippen LogP contribution < -0.4 is 287 Å². The molecule has 2 aliphatic heterocycles. The van der Waals surface area contributed by atoms with Crippen LogP contribution in [0.2, 0.25) is 0 Å². The summed E-state index contributed by atoms with van der Waals surface area (Å²) in [5, 5.41) is 52.3.